The molecule has 3 rings (SSSR count). The Morgan fingerprint density at radius 2 is 2.00 bits per heavy atom. The molecule has 0 N–H and O–H groups in total. The average molecular weight is 339 g/mol. The highest BCUT2D eigenvalue weighted by Gasteiger charge is 2.21. The first-order chi connectivity index (χ1) is 12.0. The molecule has 1 aromatic carbocycles. The molecule has 130 valence electrons. The lowest BCUT2D eigenvalue weighted by molar-refractivity contribution is -0.131. The number of carbonyl (C=O) groups excluding carboxylic acids is 1. The Bertz CT molecular complexity index is 833. The van der Waals surface area contributed by atoms with E-state index in [9.17, 15) is 4.79 Å². The number of nitrogens with zero attached hydrogens (tertiary/aromatic N) is 5. The Morgan fingerprint density at radius 1 is 1.28 bits per heavy atom. The standard InChI is InChI=1S/C18H21N5O2/c1-12-17(14(3)25-21-12)9-18(24)22(4)13(2)15-5-7-16(8-6-15)23-11-19-10-20-23/h5-8,10-11,13H,9H2,1-4H3. The van der Waals surface area contributed by atoms with E-state index in [4.69, 9.17) is 4.52 Å². The Kier molecular flexibility index (Phi) is 4.65. The van der Waals surface area contributed by atoms with Gasteiger partial charge >= 0.3 is 0 Å². The molecule has 0 spiro atoms. The van der Waals surface area contributed by atoms with E-state index in [0.29, 0.717) is 12.2 Å². The predicted molar refractivity (Wildman–Crippen MR) is 92.2 cm³/mol. The molecule has 0 saturated heterocycles. The fourth-order valence-electron chi connectivity index (χ4n) is 2.72. The van der Waals surface area contributed by atoms with Crippen LogP contribution >= 0.6 is 0 Å². The van der Waals surface area contributed by atoms with Gasteiger partial charge in [-0.3, -0.25) is 4.79 Å². The highest BCUT2D eigenvalue weighted by Crippen LogP contribution is 2.22. The Balaban J connectivity index is 1.71. The maximum absolute atomic E-state index is 12.6. The highest BCUT2D eigenvalue weighted by atomic mass is 16.5. The van der Waals surface area contributed by atoms with Crippen LogP contribution in [-0.4, -0.2) is 37.8 Å². The van der Waals surface area contributed by atoms with E-state index in [2.05, 4.69) is 15.2 Å². The van der Waals surface area contributed by atoms with Crippen molar-refractivity contribution >= 4 is 5.91 Å². The number of rotatable bonds is 5. The van der Waals surface area contributed by atoms with Gasteiger partial charge in [0.25, 0.3) is 0 Å². The Hall–Kier alpha value is -2.96. The van der Waals surface area contributed by atoms with Gasteiger partial charge in [0.1, 0.15) is 18.4 Å². The summed E-state index contributed by atoms with van der Waals surface area (Å²) in [6, 6.07) is 7.89. The summed E-state index contributed by atoms with van der Waals surface area (Å²) in [6.45, 7) is 5.69. The summed E-state index contributed by atoms with van der Waals surface area (Å²) in [5, 5.41) is 8.02. The van der Waals surface area contributed by atoms with Crippen LogP contribution in [0.25, 0.3) is 5.69 Å². The van der Waals surface area contributed by atoms with Gasteiger partial charge in [0.15, 0.2) is 0 Å². The summed E-state index contributed by atoms with van der Waals surface area (Å²) in [7, 11) is 1.82. The minimum absolute atomic E-state index is 0.0299. The van der Waals surface area contributed by atoms with E-state index in [-0.39, 0.29) is 11.9 Å². The van der Waals surface area contributed by atoms with Gasteiger partial charge in [-0.2, -0.15) is 5.10 Å². The molecule has 1 unspecified atom stereocenters. The monoisotopic (exact) mass is 339 g/mol. The predicted octanol–water partition coefficient (Wildman–Crippen LogP) is 2.63. The number of hydrogen-bond acceptors (Lipinski definition) is 5. The molecule has 0 aliphatic rings. The van der Waals surface area contributed by atoms with Gasteiger partial charge in [-0.05, 0) is 38.5 Å². The van der Waals surface area contributed by atoms with E-state index in [1.54, 1.807) is 15.9 Å². The van der Waals surface area contributed by atoms with E-state index in [0.717, 1.165) is 22.5 Å². The third-order valence-electron chi connectivity index (χ3n) is 4.54. The Morgan fingerprint density at radius 3 is 2.56 bits per heavy atom. The zero-order valence-corrected chi connectivity index (χ0v) is 14.8. The molecule has 2 heterocycles. The second-order valence-corrected chi connectivity index (χ2v) is 6.09. The molecule has 0 radical (unpaired) electrons. The zero-order chi connectivity index (χ0) is 18.0. The van der Waals surface area contributed by atoms with Crippen molar-refractivity contribution in [2.24, 2.45) is 0 Å². The summed E-state index contributed by atoms with van der Waals surface area (Å²) < 4.78 is 6.83. The molecule has 1 amide bonds. The molecular weight excluding hydrogens is 318 g/mol. The van der Waals surface area contributed by atoms with Crippen LogP contribution in [0.15, 0.2) is 41.4 Å². The van der Waals surface area contributed by atoms with Gasteiger partial charge in [-0.1, -0.05) is 17.3 Å². The molecule has 25 heavy (non-hydrogen) atoms. The first-order valence-electron chi connectivity index (χ1n) is 8.09. The van der Waals surface area contributed by atoms with E-state index in [1.807, 2.05) is 52.1 Å². The molecule has 2 aromatic heterocycles. The first-order valence-corrected chi connectivity index (χ1v) is 8.09. The van der Waals surface area contributed by atoms with Crippen molar-refractivity contribution in [1.29, 1.82) is 0 Å². The topological polar surface area (TPSA) is 77.0 Å². The molecule has 0 bridgehead atoms. The lowest BCUT2D eigenvalue weighted by Gasteiger charge is -2.25. The number of aromatic nitrogens is 4. The van der Waals surface area contributed by atoms with Gasteiger partial charge in [0, 0.05) is 12.6 Å². The summed E-state index contributed by atoms with van der Waals surface area (Å²) in [5.74, 6) is 0.728. The molecule has 1 atom stereocenters. The van der Waals surface area contributed by atoms with Crippen molar-refractivity contribution in [3.63, 3.8) is 0 Å². The van der Waals surface area contributed by atoms with Crippen molar-refractivity contribution < 1.29 is 9.32 Å². The van der Waals surface area contributed by atoms with Crippen LogP contribution in [-0.2, 0) is 11.2 Å². The Labute approximate surface area is 146 Å². The van der Waals surface area contributed by atoms with Crippen molar-refractivity contribution in [1.82, 2.24) is 24.8 Å². The van der Waals surface area contributed by atoms with E-state index < -0.39 is 0 Å². The summed E-state index contributed by atoms with van der Waals surface area (Å²) in [5.41, 5.74) is 3.62. The van der Waals surface area contributed by atoms with Crippen molar-refractivity contribution in [3.8, 4) is 5.69 Å². The van der Waals surface area contributed by atoms with E-state index >= 15 is 0 Å². The molecule has 7 heteroatoms. The lowest BCUT2D eigenvalue weighted by Crippen LogP contribution is -2.31. The van der Waals surface area contributed by atoms with Crippen LogP contribution in [0.5, 0.6) is 0 Å². The second kappa shape index (κ2) is 6.88. The first kappa shape index (κ1) is 16.9. The fraction of sp³-hybridized carbons (Fsp3) is 0.333. The zero-order valence-electron chi connectivity index (χ0n) is 14.8. The molecular formula is C18H21N5O2. The number of carbonyl (C=O) groups is 1. The minimum atomic E-state index is -0.0437. The molecule has 0 fully saturated rings. The largest absolute Gasteiger partial charge is 0.361 e. The normalized spacial score (nSPS) is 12.2. The van der Waals surface area contributed by atoms with Gasteiger partial charge in [0.05, 0.1) is 23.8 Å². The summed E-state index contributed by atoms with van der Waals surface area (Å²) in [4.78, 5) is 18.3. The molecule has 3 aromatic rings. The number of benzene rings is 1. The van der Waals surface area contributed by atoms with Crippen molar-refractivity contribution in [2.75, 3.05) is 7.05 Å². The van der Waals surface area contributed by atoms with Crippen LogP contribution in [0, 0.1) is 13.8 Å². The second-order valence-electron chi connectivity index (χ2n) is 6.09. The number of amides is 1. The van der Waals surface area contributed by atoms with Crippen LogP contribution in [0.3, 0.4) is 0 Å². The number of hydrogen-bond donors (Lipinski definition) is 0. The number of aryl methyl sites for hydroxylation is 2. The highest BCUT2D eigenvalue weighted by molar-refractivity contribution is 5.79. The molecule has 0 aliphatic carbocycles. The fourth-order valence-corrected chi connectivity index (χ4v) is 2.72. The van der Waals surface area contributed by atoms with Crippen LogP contribution in [0.1, 0.15) is 35.5 Å². The van der Waals surface area contributed by atoms with Crippen molar-refractivity contribution in [3.05, 3.63) is 59.5 Å². The van der Waals surface area contributed by atoms with Crippen LogP contribution < -0.4 is 0 Å². The minimum Gasteiger partial charge on any atom is -0.361 e. The maximum Gasteiger partial charge on any atom is 0.227 e. The van der Waals surface area contributed by atoms with Gasteiger partial charge in [-0.25, -0.2) is 9.67 Å². The summed E-state index contributed by atoms with van der Waals surface area (Å²) in [6.07, 6.45) is 3.44. The van der Waals surface area contributed by atoms with Gasteiger partial charge in [0.2, 0.25) is 5.91 Å². The number of likely N-dealkylation sites (N-methyl/N-ethyl adjacent to an activating group) is 1. The van der Waals surface area contributed by atoms with Crippen LogP contribution in [0.4, 0.5) is 0 Å². The molecule has 7 nitrogen and oxygen atoms in total. The van der Waals surface area contributed by atoms with E-state index in [1.165, 1.54) is 6.33 Å². The van der Waals surface area contributed by atoms with Gasteiger partial charge < -0.3 is 9.42 Å². The molecule has 0 aliphatic heterocycles. The maximum atomic E-state index is 12.6. The van der Waals surface area contributed by atoms with Crippen LogP contribution in [0.2, 0.25) is 0 Å². The quantitative estimate of drug-likeness (QED) is 0.714. The van der Waals surface area contributed by atoms with Gasteiger partial charge in [-0.15, -0.1) is 0 Å². The third-order valence-corrected chi connectivity index (χ3v) is 4.54. The van der Waals surface area contributed by atoms with Crippen molar-refractivity contribution in [2.45, 2.75) is 33.2 Å². The lowest BCUT2D eigenvalue weighted by atomic mass is 10.0. The SMILES string of the molecule is Cc1noc(C)c1CC(=O)N(C)C(C)c1ccc(-n2cncn2)cc1. The average Bonchev–Trinajstić information content (AvgIpc) is 3.26. The molecule has 0 saturated carbocycles. The smallest absolute Gasteiger partial charge is 0.227 e. The summed E-state index contributed by atoms with van der Waals surface area (Å²) >= 11 is 0. The third kappa shape index (κ3) is 3.45.